The van der Waals surface area contributed by atoms with E-state index in [0.717, 1.165) is 48.5 Å². The normalized spacial score (nSPS) is 13.6. The minimum absolute atomic E-state index is 0.304. The molecule has 0 aliphatic rings. The number of carboxylic acid groups (broad SMARTS) is 1. The van der Waals surface area contributed by atoms with Crippen molar-refractivity contribution >= 4 is 27.0 Å². The average Bonchev–Trinajstić information content (AvgIpc) is 3.10. The van der Waals surface area contributed by atoms with Crippen LogP contribution in [0.1, 0.15) is 38.7 Å². The van der Waals surface area contributed by atoms with E-state index in [4.69, 9.17) is 8.92 Å². The highest BCUT2D eigenvalue weighted by Crippen LogP contribution is 2.25. The molecular weight excluding hydrogens is 430 g/mol. The monoisotopic (exact) mass is 459 g/mol. The largest absolute Gasteiger partial charge is 0.478 e. The smallest absolute Gasteiger partial charge is 0.347 e. The Balaban J connectivity index is 1.58. The molecule has 32 heavy (non-hydrogen) atoms. The lowest BCUT2D eigenvalue weighted by molar-refractivity contribution is -0.154. The Labute approximate surface area is 188 Å². The number of ether oxygens (including phenoxy) is 1. The van der Waals surface area contributed by atoms with Gasteiger partial charge in [-0.1, -0.05) is 25.5 Å². The number of nitrogens with zero attached hydrogens (tertiary/aromatic N) is 1. The van der Waals surface area contributed by atoms with E-state index in [9.17, 15) is 18.3 Å². The van der Waals surface area contributed by atoms with Gasteiger partial charge >= 0.3 is 16.1 Å². The number of carboxylic acids is 1. The van der Waals surface area contributed by atoms with Crippen LogP contribution in [0.15, 0.2) is 54.7 Å². The number of benzene rings is 2. The molecule has 1 heterocycles. The highest BCUT2D eigenvalue weighted by Gasteiger charge is 2.34. The molecule has 0 bridgehead atoms. The summed E-state index contributed by atoms with van der Waals surface area (Å²) in [6.45, 7) is 4.34. The first kappa shape index (κ1) is 23.7. The zero-order valence-electron chi connectivity index (χ0n) is 18.6. The molecule has 0 radical (unpaired) electrons. The fraction of sp³-hybridized carbons (Fsp3) is 0.375. The molecule has 0 saturated heterocycles. The first-order valence-corrected chi connectivity index (χ1v) is 12.4. The lowest BCUT2D eigenvalue weighted by Gasteiger charge is -2.26. The molecule has 3 rings (SSSR count). The van der Waals surface area contributed by atoms with Gasteiger partial charge in [0.2, 0.25) is 5.60 Å². The highest BCUT2D eigenvalue weighted by molar-refractivity contribution is 7.86. The standard InChI is InChI=1S/C24H29NO6S/c1-4-14-24(2,23(26)27)30-20-9-7-18(8-10-20)6-5-15-25-16-13-19-17-21(11-12-22(19)25)31-32(3,28)29/h7-13,16-17H,4-6,14-15H2,1-3H3,(H,26,27). The van der Waals surface area contributed by atoms with Crippen molar-refractivity contribution in [3.8, 4) is 11.5 Å². The summed E-state index contributed by atoms with van der Waals surface area (Å²) in [7, 11) is -3.55. The van der Waals surface area contributed by atoms with Gasteiger partial charge < -0.3 is 18.6 Å². The number of carbonyl (C=O) groups is 1. The van der Waals surface area contributed by atoms with Gasteiger partial charge in [-0.2, -0.15) is 8.42 Å². The van der Waals surface area contributed by atoms with Gasteiger partial charge in [0.25, 0.3) is 0 Å². The summed E-state index contributed by atoms with van der Waals surface area (Å²) in [4.78, 5) is 11.5. The van der Waals surface area contributed by atoms with Crippen molar-refractivity contribution in [3.05, 3.63) is 60.3 Å². The van der Waals surface area contributed by atoms with E-state index in [0.29, 0.717) is 17.9 Å². The first-order chi connectivity index (χ1) is 15.1. The fourth-order valence-corrected chi connectivity index (χ4v) is 4.17. The molecule has 172 valence electrons. The van der Waals surface area contributed by atoms with Crippen LogP contribution in [0.3, 0.4) is 0 Å². The Morgan fingerprint density at radius 1 is 1.09 bits per heavy atom. The minimum atomic E-state index is -3.55. The van der Waals surface area contributed by atoms with E-state index in [1.165, 1.54) is 0 Å². The molecule has 7 nitrogen and oxygen atoms in total. The van der Waals surface area contributed by atoms with Crippen molar-refractivity contribution in [3.63, 3.8) is 0 Å². The Morgan fingerprint density at radius 3 is 2.41 bits per heavy atom. The number of hydrogen-bond acceptors (Lipinski definition) is 5. The van der Waals surface area contributed by atoms with Crippen LogP contribution in [0.5, 0.6) is 11.5 Å². The predicted molar refractivity (Wildman–Crippen MR) is 124 cm³/mol. The molecule has 3 aromatic rings. The van der Waals surface area contributed by atoms with Gasteiger partial charge in [0.15, 0.2) is 0 Å². The summed E-state index contributed by atoms with van der Waals surface area (Å²) in [5.74, 6) is -0.106. The van der Waals surface area contributed by atoms with Crippen LogP contribution in [0, 0.1) is 0 Å². The van der Waals surface area contributed by atoms with Crippen LogP contribution in [-0.4, -0.2) is 35.9 Å². The Bertz CT molecular complexity index is 1180. The van der Waals surface area contributed by atoms with Gasteiger partial charge in [-0.05, 0) is 68.1 Å². The van der Waals surface area contributed by atoms with E-state index in [1.54, 1.807) is 19.1 Å². The number of aromatic nitrogens is 1. The van der Waals surface area contributed by atoms with Gasteiger partial charge in [0.05, 0.1) is 6.26 Å². The maximum absolute atomic E-state index is 11.5. The van der Waals surface area contributed by atoms with Crippen LogP contribution in [0.4, 0.5) is 0 Å². The third-order valence-electron chi connectivity index (χ3n) is 5.30. The zero-order valence-corrected chi connectivity index (χ0v) is 19.4. The molecule has 0 aliphatic carbocycles. The van der Waals surface area contributed by atoms with Gasteiger partial charge in [-0.15, -0.1) is 0 Å². The number of hydrogen-bond donors (Lipinski definition) is 1. The van der Waals surface area contributed by atoms with Gasteiger partial charge in [-0.3, -0.25) is 0 Å². The Morgan fingerprint density at radius 2 is 1.78 bits per heavy atom. The van der Waals surface area contributed by atoms with E-state index in [-0.39, 0.29) is 0 Å². The van der Waals surface area contributed by atoms with Crippen molar-refractivity contribution in [2.75, 3.05) is 6.26 Å². The molecule has 8 heteroatoms. The van der Waals surface area contributed by atoms with Crippen molar-refractivity contribution in [1.82, 2.24) is 4.57 Å². The molecule has 0 spiro atoms. The number of aryl methyl sites for hydroxylation is 2. The van der Waals surface area contributed by atoms with Crippen molar-refractivity contribution in [2.24, 2.45) is 0 Å². The molecule has 1 atom stereocenters. The van der Waals surface area contributed by atoms with E-state index >= 15 is 0 Å². The molecule has 1 N–H and O–H groups in total. The van der Waals surface area contributed by atoms with Crippen molar-refractivity contribution < 1.29 is 27.2 Å². The number of fused-ring (bicyclic) bond motifs is 1. The summed E-state index contributed by atoms with van der Waals surface area (Å²) in [6, 6.07) is 14.7. The highest BCUT2D eigenvalue weighted by atomic mass is 32.2. The Hall–Kier alpha value is -3.00. The first-order valence-electron chi connectivity index (χ1n) is 10.6. The number of rotatable bonds is 11. The van der Waals surface area contributed by atoms with E-state index < -0.39 is 21.7 Å². The predicted octanol–water partition coefficient (Wildman–Crippen LogP) is 4.63. The van der Waals surface area contributed by atoms with Gasteiger partial charge in [0.1, 0.15) is 11.5 Å². The molecule has 0 fully saturated rings. The molecule has 0 aliphatic heterocycles. The fourth-order valence-electron chi connectivity index (χ4n) is 3.72. The minimum Gasteiger partial charge on any atom is -0.478 e. The lowest BCUT2D eigenvalue weighted by atomic mass is 10.0. The summed E-state index contributed by atoms with van der Waals surface area (Å²) in [5, 5.41) is 10.4. The summed E-state index contributed by atoms with van der Waals surface area (Å²) in [6.07, 6.45) is 5.94. The molecule has 0 saturated carbocycles. The van der Waals surface area contributed by atoms with Crippen molar-refractivity contribution in [1.29, 1.82) is 0 Å². The summed E-state index contributed by atoms with van der Waals surface area (Å²) < 4.78 is 35.4. The average molecular weight is 460 g/mol. The Kier molecular flexibility index (Phi) is 7.13. The second-order valence-corrected chi connectivity index (χ2v) is 9.73. The topological polar surface area (TPSA) is 94.8 Å². The van der Waals surface area contributed by atoms with Crippen molar-refractivity contribution in [2.45, 2.75) is 51.7 Å². The van der Waals surface area contributed by atoms with E-state index in [2.05, 4.69) is 4.57 Å². The third kappa shape index (κ3) is 6.03. The van der Waals surface area contributed by atoms with Crippen LogP contribution >= 0.6 is 0 Å². The summed E-state index contributed by atoms with van der Waals surface area (Å²) >= 11 is 0. The number of aliphatic carboxylic acids is 1. The van der Waals surface area contributed by atoms with Crippen LogP contribution in [0.2, 0.25) is 0 Å². The zero-order chi connectivity index (χ0) is 23.4. The second kappa shape index (κ2) is 9.65. The summed E-state index contributed by atoms with van der Waals surface area (Å²) in [5.41, 5.74) is 0.932. The lowest BCUT2D eigenvalue weighted by Crippen LogP contribution is -2.41. The maximum Gasteiger partial charge on any atom is 0.347 e. The molecular formula is C24H29NO6S. The molecule has 1 unspecified atom stereocenters. The molecule has 2 aromatic carbocycles. The molecule has 1 aromatic heterocycles. The molecule has 0 amide bonds. The third-order valence-corrected chi connectivity index (χ3v) is 5.80. The van der Waals surface area contributed by atoms with Gasteiger partial charge in [-0.25, -0.2) is 4.79 Å². The van der Waals surface area contributed by atoms with Crippen LogP contribution in [0.25, 0.3) is 10.9 Å². The van der Waals surface area contributed by atoms with E-state index in [1.807, 2.05) is 49.5 Å². The van der Waals surface area contributed by atoms with Gasteiger partial charge in [0, 0.05) is 23.6 Å². The SMILES string of the molecule is CCCC(C)(Oc1ccc(CCCn2ccc3cc(OS(C)(=O)=O)ccc32)cc1)C(=O)O. The quantitative estimate of drug-likeness (QED) is 0.420. The van der Waals surface area contributed by atoms with Crippen LogP contribution in [-0.2, 0) is 27.9 Å². The van der Waals surface area contributed by atoms with Crippen LogP contribution < -0.4 is 8.92 Å². The maximum atomic E-state index is 11.5. The second-order valence-electron chi connectivity index (χ2n) is 8.15.